The summed E-state index contributed by atoms with van der Waals surface area (Å²) in [5, 5.41) is 7.00. The average Bonchev–Trinajstić information content (AvgIpc) is 3.07. The molecule has 0 bridgehead atoms. The molecule has 42 heavy (non-hydrogen) atoms. The van der Waals surface area contributed by atoms with Gasteiger partial charge in [-0.05, 0) is 45.1 Å². The van der Waals surface area contributed by atoms with Gasteiger partial charge in [0, 0.05) is 33.8 Å². The summed E-state index contributed by atoms with van der Waals surface area (Å²) in [5.74, 6) is 0.686. The van der Waals surface area contributed by atoms with Gasteiger partial charge in [-0.1, -0.05) is 127 Å². The zero-order chi connectivity index (χ0) is 27.9. The topological polar surface area (TPSA) is 38.7 Å². The van der Waals surface area contributed by atoms with Crippen molar-refractivity contribution in [3.63, 3.8) is 0 Å². The minimum absolute atomic E-state index is 0.686. The number of pyridine rings is 1. The van der Waals surface area contributed by atoms with E-state index in [-0.39, 0.29) is 0 Å². The van der Waals surface area contributed by atoms with Crippen LogP contribution in [0.4, 0.5) is 0 Å². The Morgan fingerprint density at radius 2 is 0.881 bits per heavy atom. The zero-order valence-corrected chi connectivity index (χ0v) is 22.8. The first-order valence-corrected chi connectivity index (χ1v) is 14.1. The molecule has 0 unspecified atom stereocenters. The highest BCUT2D eigenvalue weighted by molar-refractivity contribution is 5.99. The van der Waals surface area contributed by atoms with E-state index in [1.165, 1.54) is 26.9 Å². The normalized spacial score (nSPS) is 11.3. The van der Waals surface area contributed by atoms with Gasteiger partial charge in [-0.25, -0.2) is 9.97 Å². The van der Waals surface area contributed by atoms with Gasteiger partial charge in [-0.15, -0.1) is 0 Å². The Hall–Kier alpha value is -5.67. The number of hydrogen-bond acceptors (Lipinski definition) is 3. The van der Waals surface area contributed by atoms with Crippen molar-refractivity contribution in [2.75, 3.05) is 0 Å². The van der Waals surface area contributed by atoms with Gasteiger partial charge >= 0.3 is 0 Å². The third kappa shape index (κ3) is 4.20. The predicted molar refractivity (Wildman–Crippen MR) is 174 cm³/mol. The average molecular weight is 536 g/mol. The highest BCUT2D eigenvalue weighted by Gasteiger charge is 2.15. The van der Waals surface area contributed by atoms with E-state index in [4.69, 9.17) is 15.0 Å². The fourth-order valence-corrected chi connectivity index (χ4v) is 5.91. The second kappa shape index (κ2) is 10.1. The van der Waals surface area contributed by atoms with Crippen molar-refractivity contribution < 1.29 is 0 Å². The van der Waals surface area contributed by atoms with Crippen LogP contribution in [-0.4, -0.2) is 15.0 Å². The van der Waals surface area contributed by atoms with E-state index in [1.54, 1.807) is 0 Å². The molecule has 0 aliphatic carbocycles. The van der Waals surface area contributed by atoms with Gasteiger partial charge in [-0.2, -0.15) is 0 Å². The number of aromatic nitrogens is 3. The monoisotopic (exact) mass is 535 g/mol. The first-order valence-electron chi connectivity index (χ1n) is 14.1. The fourth-order valence-electron chi connectivity index (χ4n) is 5.91. The summed E-state index contributed by atoms with van der Waals surface area (Å²) in [6, 6.07) is 50.7. The van der Waals surface area contributed by atoms with Crippen molar-refractivity contribution in [3.8, 4) is 45.2 Å². The third-order valence-electron chi connectivity index (χ3n) is 7.93. The second-order valence-corrected chi connectivity index (χ2v) is 10.5. The maximum atomic E-state index is 5.20. The number of fused-ring (bicyclic) bond motifs is 3. The number of nitrogens with zero attached hydrogens (tertiary/aromatic N) is 3. The molecule has 0 atom stereocenters. The Morgan fingerprint density at radius 3 is 1.52 bits per heavy atom. The lowest BCUT2D eigenvalue weighted by molar-refractivity contribution is 1.19. The number of hydrogen-bond donors (Lipinski definition) is 0. The molecule has 0 N–H and O–H groups in total. The summed E-state index contributed by atoms with van der Waals surface area (Å²) in [6.07, 6.45) is 1.88. The lowest BCUT2D eigenvalue weighted by Crippen LogP contribution is -1.97. The van der Waals surface area contributed by atoms with Crippen molar-refractivity contribution in [2.24, 2.45) is 0 Å². The molecule has 6 aromatic carbocycles. The van der Waals surface area contributed by atoms with Gasteiger partial charge in [0.05, 0.1) is 17.1 Å². The van der Waals surface area contributed by atoms with Crippen LogP contribution in [-0.2, 0) is 0 Å². The van der Waals surface area contributed by atoms with E-state index >= 15 is 0 Å². The van der Waals surface area contributed by atoms with Crippen LogP contribution in [0.25, 0.3) is 77.5 Å². The zero-order valence-electron chi connectivity index (χ0n) is 22.8. The molecule has 0 amide bonds. The molecule has 0 radical (unpaired) electrons. The summed E-state index contributed by atoms with van der Waals surface area (Å²) in [4.78, 5) is 15.2. The fraction of sp³-hybridized carbons (Fsp3) is 0. The van der Waals surface area contributed by atoms with Gasteiger partial charge in [0.25, 0.3) is 0 Å². The van der Waals surface area contributed by atoms with E-state index < -0.39 is 0 Å². The van der Waals surface area contributed by atoms with Gasteiger partial charge < -0.3 is 0 Å². The lowest BCUT2D eigenvalue weighted by atomic mass is 9.98. The molecular weight excluding hydrogens is 510 g/mol. The van der Waals surface area contributed by atoms with Crippen LogP contribution in [0.5, 0.6) is 0 Å². The molecule has 3 heteroatoms. The van der Waals surface area contributed by atoms with Gasteiger partial charge in [-0.3, -0.25) is 4.98 Å². The Kier molecular flexibility index (Phi) is 5.79. The second-order valence-electron chi connectivity index (χ2n) is 10.5. The molecule has 0 saturated heterocycles. The molecule has 2 heterocycles. The standard InChI is InChI=1S/C39H25N3/c1-4-17-31-26(10-1)13-8-20-34(31)36-25-37(35-21-9-14-27-11-2-5-18-32(27)35)42-39(41-36)30-16-7-15-29(24-30)38-33-19-6-3-12-28(33)22-23-40-38/h1-25H. The molecule has 0 saturated carbocycles. The van der Waals surface area contributed by atoms with Crippen molar-refractivity contribution >= 4 is 32.3 Å². The molecule has 0 aliphatic heterocycles. The van der Waals surface area contributed by atoms with Crippen LogP contribution in [0, 0.1) is 0 Å². The predicted octanol–water partition coefficient (Wildman–Crippen LogP) is 10.00. The van der Waals surface area contributed by atoms with Crippen LogP contribution in [0.2, 0.25) is 0 Å². The SMILES string of the molecule is c1cc(-c2nc(-c3cccc4ccccc34)cc(-c3cccc4ccccc34)n2)cc(-c2nccc3ccccc23)c1. The van der Waals surface area contributed by atoms with Crippen molar-refractivity contribution in [1.29, 1.82) is 0 Å². The molecule has 0 fully saturated rings. The summed E-state index contributed by atoms with van der Waals surface area (Å²) in [6.45, 7) is 0. The van der Waals surface area contributed by atoms with Gasteiger partial charge in [0.2, 0.25) is 0 Å². The molecule has 8 rings (SSSR count). The maximum Gasteiger partial charge on any atom is 0.160 e. The number of benzene rings is 6. The lowest BCUT2D eigenvalue weighted by Gasteiger charge is -2.13. The summed E-state index contributed by atoms with van der Waals surface area (Å²) in [7, 11) is 0. The van der Waals surface area contributed by atoms with Crippen molar-refractivity contribution in [1.82, 2.24) is 15.0 Å². The van der Waals surface area contributed by atoms with Crippen molar-refractivity contribution in [3.05, 3.63) is 152 Å². The first-order chi connectivity index (χ1) is 20.8. The van der Waals surface area contributed by atoms with Gasteiger partial charge in [0.15, 0.2) is 5.82 Å². The number of rotatable bonds is 4. The Morgan fingerprint density at radius 1 is 0.381 bits per heavy atom. The molecule has 8 aromatic rings. The highest BCUT2D eigenvalue weighted by Crippen LogP contribution is 2.35. The van der Waals surface area contributed by atoms with Crippen LogP contribution in [0.3, 0.4) is 0 Å². The summed E-state index contributed by atoms with van der Waals surface area (Å²) in [5.41, 5.74) is 6.91. The van der Waals surface area contributed by atoms with Crippen LogP contribution in [0.15, 0.2) is 152 Å². The van der Waals surface area contributed by atoms with E-state index in [9.17, 15) is 0 Å². The summed E-state index contributed by atoms with van der Waals surface area (Å²) >= 11 is 0. The first kappa shape index (κ1) is 24.2. The van der Waals surface area contributed by atoms with Gasteiger partial charge in [0.1, 0.15) is 0 Å². The van der Waals surface area contributed by atoms with E-state index in [0.717, 1.165) is 44.7 Å². The Labute approximate surface area is 243 Å². The quantitative estimate of drug-likeness (QED) is 0.225. The highest BCUT2D eigenvalue weighted by atomic mass is 14.9. The van der Waals surface area contributed by atoms with Crippen LogP contribution in [0.1, 0.15) is 0 Å². The van der Waals surface area contributed by atoms with E-state index in [1.807, 2.05) is 6.20 Å². The molecule has 0 spiro atoms. The minimum atomic E-state index is 0.686. The summed E-state index contributed by atoms with van der Waals surface area (Å²) < 4.78 is 0. The van der Waals surface area contributed by atoms with E-state index in [2.05, 4.69) is 146 Å². The van der Waals surface area contributed by atoms with Crippen molar-refractivity contribution in [2.45, 2.75) is 0 Å². The molecule has 196 valence electrons. The smallest absolute Gasteiger partial charge is 0.160 e. The molecule has 3 nitrogen and oxygen atoms in total. The van der Waals surface area contributed by atoms with Crippen LogP contribution >= 0.6 is 0 Å². The molecular formula is C39H25N3. The Bertz CT molecular complexity index is 2150. The Balaban J connectivity index is 1.37. The minimum Gasteiger partial charge on any atom is -0.256 e. The molecule has 0 aliphatic rings. The largest absolute Gasteiger partial charge is 0.256 e. The third-order valence-corrected chi connectivity index (χ3v) is 7.93. The van der Waals surface area contributed by atoms with Crippen LogP contribution < -0.4 is 0 Å². The molecule has 2 aromatic heterocycles. The van der Waals surface area contributed by atoms with E-state index in [0.29, 0.717) is 5.82 Å². The maximum absolute atomic E-state index is 5.20.